The van der Waals surface area contributed by atoms with Gasteiger partial charge >= 0.3 is 0 Å². The first-order valence-corrected chi connectivity index (χ1v) is 9.07. The van der Waals surface area contributed by atoms with Crippen LogP contribution in [0.4, 0.5) is 0 Å². The number of aliphatic imine (C=N–C) groups is 1. The molecule has 0 radical (unpaired) electrons. The van der Waals surface area contributed by atoms with Crippen LogP contribution < -0.4 is 20.1 Å². The zero-order valence-electron chi connectivity index (χ0n) is 17.3. The molecule has 0 aliphatic carbocycles. The number of aromatic nitrogens is 1. The minimum atomic E-state index is -0.113. The van der Waals surface area contributed by atoms with Gasteiger partial charge in [-0.2, -0.15) is 0 Å². The molecule has 1 aromatic heterocycles. The van der Waals surface area contributed by atoms with E-state index >= 15 is 0 Å². The number of halogens is 1. The Balaban J connectivity index is 0.00000392. The Morgan fingerprint density at radius 1 is 1.07 bits per heavy atom. The van der Waals surface area contributed by atoms with Crippen LogP contribution in [0.25, 0.3) is 0 Å². The molecule has 0 saturated carbocycles. The highest BCUT2D eigenvalue weighted by Crippen LogP contribution is 2.32. The number of nitrogens with zero attached hydrogens (tertiary/aromatic N) is 2. The lowest BCUT2D eigenvalue weighted by Crippen LogP contribution is -2.44. The number of methoxy groups -OCH3 is 2. The normalized spacial score (nSPS) is 11.4. The van der Waals surface area contributed by atoms with Gasteiger partial charge in [0.2, 0.25) is 0 Å². The van der Waals surface area contributed by atoms with Gasteiger partial charge in [0.05, 0.1) is 14.2 Å². The van der Waals surface area contributed by atoms with Crippen LogP contribution in [0, 0.1) is 0 Å². The molecule has 0 atom stereocenters. The van der Waals surface area contributed by atoms with Gasteiger partial charge in [-0.1, -0.05) is 26.0 Å². The van der Waals surface area contributed by atoms with Crippen molar-refractivity contribution in [3.05, 3.63) is 53.9 Å². The Labute approximate surface area is 185 Å². The van der Waals surface area contributed by atoms with Crippen molar-refractivity contribution >= 4 is 29.9 Å². The first-order chi connectivity index (χ1) is 13.0. The van der Waals surface area contributed by atoms with Crippen molar-refractivity contribution in [1.82, 2.24) is 15.6 Å². The number of pyridine rings is 1. The largest absolute Gasteiger partial charge is 0.493 e. The predicted molar refractivity (Wildman–Crippen MR) is 125 cm³/mol. The van der Waals surface area contributed by atoms with Crippen LogP contribution in [0.2, 0.25) is 0 Å². The summed E-state index contributed by atoms with van der Waals surface area (Å²) in [6.45, 7) is 5.87. The topological polar surface area (TPSA) is 67.8 Å². The van der Waals surface area contributed by atoms with Gasteiger partial charge in [0, 0.05) is 43.9 Å². The maximum atomic E-state index is 5.43. The van der Waals surface area contributed by atoms with Crippen LogP contribution in [-0.4, -0.2) is 45.3 Å². The number of benzene rings is 1. The van der Waals surface area contributed by atoms with Crippen molar-refractivity contribution in [2.75, 3.05) is 34.4 Å². The Kier molecular flexibility index (Phi) is 10.1. The van der Waals surface area contributed by atoms with Crippen molar-refractivity contribution in [3.63, 3.8) is 0 Å². The summed E-state index contributed by atoms with van der Waals surface area (Å²) >= 11 is 0. The predicted octanol–water partition coefficient (Wildman–Crippen LogP) is 3.40. The number of guanidine groups is 1. The second-order valence-electron chi connectivity index (χ2n) is 6.88. The summed E-state index contributed by atoms with van der Waals surface area (Å²) in [6, 6.07) is 12.0. The number of hydrogen-bond acceptors (Lipinski definition) is 4. The molecule has 2 rings (SSSR count). The van der Waals surface area contributed by atoms with E-state index in [0.717, 1.165) is 48.2 Å². The van der Waals surface area contributed by atoms with E-state index in [4.69, 9.17) is 9.47 Å². The van der Waals surface area contributed by atoms with Crippen LogP contribution in [-0.2, 0) is 11.8 Å². The Bertz CT molecular complexity index is 751. The fraction of sp³-hybridized carbons (Fsp3) is 0.429. The lowest BCUT2D eigenvalue weighted by Gasteiger charge is -2.27. The highest BCUT2D eigenvalue weighted by molar-refractivity contribution is 14.0. The molecule has 0 aliphatic rings. The first kappa shape index (κ1) is 24.0. The zero-order chi connectivity index (χ0) is 19.7. The molecule has 0 aliphatic heterocycles. The SMILES string of the molecule is CN=C(NCCc1ccccn1)NCC(C)(C)c1ccc(OC)c(OC)c1.I. The van der Waals surface area contributed by atoms with Crippen LogP contribution in [0.3, 0.4) is 0 Å². The van der Waals surface area contributed by atoms with Crippen molar-refractivity contribution in [2.45, 2.75) is 25.7 Å². The van der Waals surface area contributed by atoms with E-state index in [1.165, 1.54) is 0 Å². The molecule has 0 amide bonds. The van der Waals surface area contributed by atoms with E-state index in [1.807, 2.05) is 36.5 Å². The number of rotatable bonds is 8. The van der Waals surface area contributed by atoms with Gasteiger partial charge < -0.3 is 20.1 Å². The third-order valence-corrected chi connectivity index (χ3v) is 4.49. The molecule has 0 saturated heterocycles. The third kappa shape index (κ3) is 6.85. The van der Waals surface area contributed by atoms with Crippen molar-refractivity contribution in [2.24, 2.45) is 4.99 Å². The highest BCUT2D eigenvalue weighted by Gasteiger charge is 2.22. The van der Waals surface area contributed by atoms with Gasteiger partial charge in [0.15, 0.2) is 17.5 Å². The monoisotopic (exact) mass is 498 g/mol. The van der Waals surface area contributed by atoms with Crippen molar-refractivity contribution in [3.8, 4) is 11.5 Å². The molecular weight excluding hydrogens is 467 g/mol. The van der Waals surface area contributed by atoms with E-state index in [9.17, 15) is 0 Å². The third-order valence-electron chi connectivity index (χ3n) is 4.49. The van der Waals surface area contributed by atoms with E-state index in [1.54, 1.807) is 21.3 Å². The lowest BCUT2D eigenvalue weighted by molar-refractivity contribution is 0.353. The summed E-state index contributed by atoms with van der Waals surface area (Å²) in [5.74, 6) is 2.25. The molecule has 0 spiro atoms. The van der Waals surface area contributed by atoms with Gasteiger partial charge in [-0.05, 0) is 29.8 Å². The van der Waals surface area contributed by atoms with Gasteiger partial charge in [0.1, 0.15) is 0 Å². The summed E-state index contributed by atoms with van der Waals surface area (Å²) in [7, 11) is 5.07. The van der Waals surface area contributed by atoms with Crippen LogP contribution in [0.1, 0.15) is 25.1 Å². The number of nitrogens with one attached hydrogen (secondary N) is 2. The molecule has 7 heteroatoms. The Hall–Kier alpha value is -2.03. The summed E-state index contributed by atoms with van der Waals surface area (Å²) in [5.41, 5.74) is 2.11. The first-order valence-electron chi connectivity index (χ1n) is 9.07. The summed E-state index contributed by atoms with van der Waals surface area (Å²) in [6.07, 6.45) is 2.66. The summed E-state index contributed by atoms with van der Waals surface area (Å²) < 4.78 is 10.8. The summed E-state index contributed by atoms with van der Waals surface area (Å²) in [4.78, 5) is 8.64. The average molecular weight is 498 g/mol. The van der Waals surface area contributed by atoms with Gasteiger partial charge in [0.25, 0.3) is 0 Å². The van der Waals surface area contributed by atoms with Crippen LogP contribution in [0.15, 0.2) is 47.6 Å². The van der Waals surface area contributed by atoms with E-state index in [0.29, 0.717) is 0 Å². The highest BCUT2D eigenvalue weighted by atomic mass is 127. The summed E-state index contributed by atoms with van der Waals surface area (Å²) in [5, 5.41) is 6.74. The zero-order valence-corrected chi connectivity index (χ0v) is 19.6. The quantitative estimate of drug-likeness (QED) is 0.332. The molecule has 0 bridgehead atoms. The molecule has 154 valence electrons. The molecule has 0 fully saturated rings. The standard InChI is InChI=1S/C21H30N4O2.HI/c1-21(2,16-9-10-18(26-4)19(14-16)27-5)15-25-20(22-3)24-13-11-17-8-6-7-12-23-17;/h6-10,12,14H,11,13,15H2,1-5H3,(H2,22,24,25);1H. The maximum Gasteiger partial charge on any atom is 0.191 e. The molecule has 0 unspecified atom stereocenters. The minimum Gasteiger partial charge on any atom is -0.493 e. The molecule has 28 heavy (non-hydrogen) atoms. The fourth-order valence-electron chi connectivity index (χ4n) is 2.74. The second-order valence-corrected chi connectivity index (χ2v) is 6.88. The Morgan fingerprint density at radius 3 is 2.43 bits per heavy atom. The van der Waals surface area contributed by atoms with Crippen molar-refractivity contribution < 1.29 is 9.47 Å². The molecule has 1 aromatic carbocycles. The number of ether oxygens (including phenoxy) is 2. The smallest absolute Gasteiger partial charge is 0.191 e. The van der Waals surface area contributed by atoms with Gasteiger partial charge in [-0.3, -0.25) is 9.98 Å². The molecule has 1 heterocycles. The van der Waals surface area contributed by atoms with E-state index in [-0.39, 0.29) is 29.4 Å². The lowest BCUT2D eigenvalue weighted by atomic mass is 9.84. The fourth-order valence-corrected chi connectivity index (χ4v) is 2.74. The average Bonchev–Trinajstić information content (AvgIpc) is 2.70. The van der Waals surface area contributed by atoms with E-state index < -0.39 is 0 Å². The second kappa shape index (κ2) is 11.7. The van der Waals surface area contributed by atoms with Gasteiger partial charge in [-0.25, -0.2) is 0 Å². The molecule has 2 N–H and O–H groups in total. The van der Waals surface area contributed by atoms with E-state index in [2.05, 4.69) is 40.5 Å². The van der Waals surface area contributed by atoms with Crippen LogP contribution >= 0.6 is 24.0 Å². The van der Waals surface area contributed by atoms with Gasteiger partial charge in [-0.15, -0.1) is 24.0 Å². The maximum absolute atomic E-state index is 5.43. The minimum absolute atomic E-state index is 0. The molecule has 6 nitrogen and oxygen atoms in total. The molecular formula is C21H31IN4O2. The Morgan fingerprint density at radius 2 is 1.82 bits per heavy atom. The van der Waals surface area contributed by atoms with Crippen molar-refractivity contribution in [1.29, 1.82) is 0 Å². The van der Waals surface area contributed by atoms with Crippen LogP contribution in [0.5, 0.6) is 11.5 Å². The number of hydrogen-bond donors (Lipinski definition) is 2. The molecule has 2 aromatic rings.